The molecule has 1 saturated carbocycles. The molecule has 1 aliphatic heterocycles. The van der Waals surface area contributed by atoms with Gasteiger partial charge in [-0.25, -0.2) is 4.98 Å². The SMILES string of the molecule is OC1(Cc2ccccc2)C[C@H]2CN(CCc3cnc(OCc4ccccc4)cn3)C[C@H]2C1. The Morgan fingerprint density at radius 1 is 0.875 bits per heavy atom. The van der Waals surface area contributed by atoms with Crippen molar-refractivity contribution in [3.8, 4) is 5.88 Å². The largest absolute Gasteiger partial charge is 0.472 e. The fraction of sp³-hybridized carbons (Fsp3) is 0.407. The lowest BCUT2D eigenvalue weighted by Gasteiger charge is -2.26. The zero-order chi connectivity index (χ0) is 21.8. The maximum atomic E-state index is 11.1. The van der Waals surface area contributed by atoms with Crippen LogP contribution in [0.4, 0.5) is 0 Å². The van der Waals surface area contributed by atoms with Crippen LogP contribution in [-0.2, 0) is 19.4 Å². The summed E-state index contributed by atoms with van der Waals surface area (Å²) in [4.78, 5) is 11.5. The Labute approximate surface area is 190 Å². The summed E-state index contributed by atoms with van der Waals surface area (Å²) >= 11 is 0. The van der Waals surface area contributed by atoms with E-state index in [0.717, 1.165) is 56.6 Å². The summed E-state index contributed by atoms with van der Waals surface area (Å²) in [5.74, 6) is 1.76. The van der Waals surface area contributed by atoms with Gasteiger partial charge in [-0.1, -0.05) is 60.7 Å². The number of hydrogen-bond donors (Lipinski definition) is 1. The van der Waals surface area contributed by atoms with Crippen LogP contribution in [0.1, 0.15) is 29.7 Å². The molecule has 2 aliphatic rings. The van der Waals surface area contributed by atoms with Gasteiger partial charge in [-0.15, -0.1) is 0 Å². The van der Waals surface area contributed by atoms with Gasteiger partial charge < -0.3 is 14.7 Å². The van der Waals surface area contributed by atoms with Crippen LogP contribution in [0.25, 0.3) is 0 Å². The molecule has 0 bridgehead atoms. The first-order chi connectivity index (χ1) is 15.7. The summed E-state index contributed by atoms with van der Waals surface area (Å²) < 4.78 is 5.73. The van der Waals surface area contributed by atoms with Gasteiger partial charge in [-0.05, 0) is 35.8 Å². The quantitative estimate of drug-likeness (QED) is 0.588. The monoisotopic (exact) mass is 429 g/mol. The second-order valence-corrected chi connectivity index (χ2v) is 9.44. The summed E-state index contributed by atoms with van der Waals surface area (Å²) in [5, 5.41) is 11.1. The lowest BCUT2D eigenvalue weighted by molar-refractivity contribution is 0.0355. The number of rotatable bonds is 8. The summed E-state index contributed by atoms with van der Waals surface area (Å²) in [5.41, 5.74) is 2.81. The number of aliphatic hydroxyl groups is 1. The summed E-state index contributed by atoms with van der Waals surface area (Å²) in [7, 11) is 0. The molecule has 166 valence electrons. The molecular weight excluding hydrogens is 398 g/mol. The average Bonchev–Trinajstić information content (AvgIpc) is 3.32. The number of ether oxygens (including phenoxy) is 1. The Morgan fingerprint density at radius 2 is 1.53 bits per heavy atom. The van der Waals surface area contributed by atoms with E-state index in [4.69, 9.17) is 4.74 Å². The van der Waals surface area contributed by atoms with Crippen LogP contribution in [-0.4, -0.2) is 45.2 Å². The molecule has 1 N–H and O–H groups in total. The summed E-state index contributed by atoms with van der Waals surface area (Å²) in [6.07, 6.45) is 7.04. The first-order valence-electron chi connectivity index (χ1n) is 11.6. The van der Waals surface area contributed by atoms with E-state index in [-0.39, 0.29) is 0 Å². The Kier molecular flexibility index (Phi) is 6.19. The van der Waals surface area contributed by atoms with Crippen LogP contribution in [0.2, 0.25) is 0 Å². The van der Waals surface area contributed by atoms with Gasteiger partial charge in [0.1, 0.15) is 6.61 Å². The molecule has 3 atom stereocenters. The molecule has 2 aromatic carbocycles. The van der Waals surface area contributed by atoms with E-state index in [2.05, 4.69) is 39.1 Å². The van der Waals surface area contributed by atoms with E-state index < -0.39 is 5.60 Å². The van der Waals surface area contributed by atoms with Gasteiger partial charge in [0.25, 0.3) is 0 Å². The van der Waals surface area contributed by atoms with Crippen LogP contribution < -0.4 is 4.74 Å². The Bertz CT molecular complexity index is 980. The number of aromatic nitrogens is 2. The van der Waals surface area contributed by atoms with Gasteiger partial charge in [0.15, 0.2) is 0 Å². The maximum Gasteiger partial charge on any atom is 0.232 e. The topological polar surface area (TPSA) is 58.5 Å². The predicted octanol–water partition coefficient (Wildman–Crippen LogP) is 3.91. The summed E-state index contributed by atoms with van der Waals surface area (Å²) in [6, 6.07) is 20.5. The van der Waals surface area contributed by atoms with Crippen molar-refractivity contribution in [1.82, 2.24) is 14.9 Å². The van der Waals surface area contributed by atoms with Crippen LogP contribution in [0.3, 0.4) is 0 Å². The van der Waals surface area contributed by atoms with Crippen LogP contribution in [0, 0.1) is 11.8 Å². The van der Waals surface area contributed by atoms with Crippen molar-refractivity contribution in [3.05, 3.63) is 89.9 Å². The molecule has 1 aliphatic carbocycles. The first-order valence-corrected chi connectivity index (χ1v) is 11.6. The molecule has 2 heterocycles. The third kappa shape index (κ3) is 5.17. The number of benzene rings is 2. The van der Waals surface area contributed by atoms with Crippen molar-refractivity contribution in [2.75, 3.05) is 19.6 Å². The van der Waals surface area contributed by atoms with Crippen LogP contribution >= 0.6 is 0 Å². The van der Waals surface area contributed by atoms with Crippen LogP contribution in [0.5, 0.6) is 5.88 Å². The molecule has 5 heteroatoms. The zero-order valence-electron chi connectivity index (χ0n) is 18.4. The van der Waals surface area contributed by atoms with Crippen molar-refractivity contribution in [2.45, 2.75) is 37.9 Å². The molecule has 0 amide bonds. The highest BCUT2D eigenvalue weighted by Gasteiger charge is 2.47. The van der Waals surface area contributed by atoms with E-state index in [1.165, 1.54) is 5.56 Å². The van der Waals surface area contributed by atoms with Crippen molar-refractivity contribution >= 4 is 0 Å². The molecule has 0 spiro atoms. The Morgan fingerprint density at radius 3 is 2.16 bits per heavy atom. The first kappa shape index (κ1) is 21.1. The van der Waals surface area contributed by atoms with E-state index in [1.807, 2.05) is 42.6 Å². The number of likely N-dealkylation sites (tertiary alicyclic amines) is 1. The fourth-order valence-corrected chi connectivity index (χ4v) is 5.41. The predicted molar refractivity (Wildman–Crippen MR) is 124 cm³/mol. The smallest absolute Gasteiger partial charge is 0.232 e. The minimum Gasteiger partial charge on any atom is -0.472 e. The maximum absolute atomic E-state index is 11.1. The van der Waals surface area contributed by atoms with E-state index in [9.17, 15) is 5.11 Å². The lowest BCUT2D eigenvalue weighted by Crippen LogP contribution is -2.32. The number of nitrogens with zero attached hydrogens (tertiary/aromatic N) is 3. The highest BCUT2D eigenvalue weighted by atomic mass is 16.5. The molecule has 5 nitrogen and oxygen atoms in total. The molecule has 3 aromatic rings. The Hall–Kier alpha value is -2.76. The van der Waals surface area contributed by atoms with Gasteiger partial charge in [-0.3, -0.25) is 4.98 Å². The molecule has 0 radical (unpaired) electrons. The molecule has 1 unspecified atom stereocenters. The molecular formula is C27H31N3O2. The molecule has 1 saturated heterocycles. The van der Waals surface area contributed by atoms with Gasteiger partial charge in [0, 0.05) is 32.5 Å². The zero-order valence-corrected chi connectivity index (χ0v) is 18.4. The number of hydrogen-bond acceptors (Lipinski definition) is 5. The Balaban J connectivity index is 1.07. The van der Waals surface area contributed by atoms with E-state index in [1.54, 1.807) is 6.20 Å². The standard InChI is InChI=1S/C27H31N3O2/c31-27(13-21-7-3-1-4-8-21)14-23-18-30(19-24(23)15-27)12-11-25-16-29-26(17-28-25)32-20-22-9-5-2-6-10-22/h1-10,16-17,23-24,31H,11-15,18-20H2/t23-,24+,27?. The second-order valence-electron chi connectivity index (χ2n) is 9.44. The minimum atomic E-state index is -0.538. The van der Waals surface area contributed by atoms with Gasteiger partial charge >= 0.3 is 0 Å². The van der Waals surface area contributed by atoms with Gasteiger partial charge in [0.05, 0.1) is 23.7 Å². The minimum absolute atomic E-state index is 0.502. The third-order valence-electron chi connectivity index (χ3n) is 6.91. The second kappa shape index (κ2) is 9.39. The normalized spacial score (nSPS) is 25.0. The van der Waals surface area contributed by atoms with Crippen molar-refractivity contribution in [2.24, 2.45) is 11.8 Å². The van der Waals surface area contributed by atoms with Gasteiger partial charge in [0.2, 0.25) is 5.88 Å². The molecule has 1 aromatic heterocycles. The highest BCUT2D eigenvalue weighted by molar-refractivity contribution is 5.19. The fourth-order valence-electron chi connectivity index (χ4n) is 5.41. The summed E-state index contributed by atoms with van der Waals surface area (Å²) in [6.45, 7) is 3.64. The van der Waals surface area contributed by atoms with E-state index >= 15 is 0 Å². The molecule has 2 fully saturated rings. The number of fused-ring (bicyclic) bond motifs is 1. The van der Waals surface area contributed by atoms with Crippen molar-refractivity contribution in [1.29, 1.82) is 0 Å². The molecule has 32 heavy (non-hydrogen) atoms. The van der Waals surface area contributed by atoms with Crippen molar-refractivity contribution in [3.63, 3.8) is 0 Å². The highest BCUT2D eigenvalue weighted by Crippen LogP contribution is 2.45. The molecule has 5 rings (SSSR count). The third-order valence-corrected chi connectivity index (χ3v) is 6.91. The lowest BCUT2D eigenvalue weighted by atomic mass is 9.91. The average molecular weight is 430 g/mol. The van der Waals surface area contributed by atoms with E-state index in [0.29, 0.717) is 24.3 Å². The van der Waals surface area contributed by atoms with Crippen molar-refractivity contribution < 1.29 is 9.84 Å². The van der Waals surface area contributed by atoms with Crippen LogP contribution in [0.15, 0.2) is 73.1 Å². The van der Waals surface area contributed by atoms with Gasteiger partial charge in [-0.2, -0.15) is 0 Å².